The van der Waals surface area contributed by atoms with Gasteiger partial charge in [-0.3, -0.25) is 0 Å². The minimum Gasteiger partial charge on any atom is -0.497 e. The van der Waals surface area contributed by atoms with Crippen molar-refractivity contribution in [2.75, 3.05) is 7.11 Å². The molecule has 0 saturated heterocycles. The summed E-state index contributed by atoms with van der Waals surface area (Å²) in [4.78, 5) is 0.0864. The third-order valence-electron chi connectivity index (χ3n) is 3.22. The smallest absolute Gasteiger partial charge is 0.238 e. The minimum absolute atomic E-state index is 0.0864. The number of hydrogen-bond acceptors (Lipinski definition) is 3. The average molecular weight is 373 g/mol. The van der Waals surface area contributed by atoms with Crippen LogP contribution in [-0.4, -0.2) is 15.5 Å². The van der Waals surface area contributed by atoms with Crippen LogP contribution in [0.25, 0.3) is 0 Å². The van der Waals surface area contributed by atoms with E-state index >= 15 is 0 Å². The molecule has 0 aliphatic carbocycles. The summed E-state index contributed by atoms with van der Waals surface area (Å²) in [7, 11) is -1.30. The second-order valence-corrected chi connectivity index (χ2v) is 8.04. The Bertz CT molecular complexity index is 830. The van der Waals surface area contributed by atoms with Gasteiger partial charge in [-0.25, -0.2) is 13.6 Å². The van der Waals surface area contributed by atoms with E-state index in [1.165, 1.54) is 29.9 Å². The molecule has 0 amide bonds. The minimum atomic E-state index is -3.58. The summed E-state index contributed by atoms with van der Waals surface area (Å²) in [6.07, 6.45) is 0. The lowest BCUT2D eigenvalue weighted by molar-refractivity contribution is 0.414. The van der Waals surface area contributed by atoms with Gasteiger partial charge in [0.05, 0.1) is 12.0 Å². The van der Waals surface area contributed by atoms with Crippen LogP contribution in [0.2, 0.25) is 0 Å². The first-order chi connectivity index (χ1) is 12.0. The molecule has 0 radical (unpaired) electrons. The van der Waals surface area contributed by atoms with Gasteiger partial charge < -0.3 is 4.74 Å². The van der Waals surface area contributed by atoms with Gasteiger partial charge in [0.25, 0.3) is 0 Å². The number of nitrogens with two attached hydrogens (primary N) is 1. The van der Waals surface area contributed by atoms with Crippen molar-refractivity contribution >= 4 is 29.2 Å². The number of sulfonamides is 1. The highest BCUT2D eigenvalue weighted by molar-refractivity contribution is 7.89. The Morgan fingerprint density at radius 2 is 1.20 bits per heavy atom. The molecule has 0 aliphatic rings. The van der Waals surface area contributed by atoms with Crippen molar-refractivity contribution in [1.82, 2.24) is 0 Å². The van der Waals surface area contributed by atoms with Gasteiger partial charge in [0.15, 0.2) is 0 Å². The van der Waals surface area contributed by atoms with E-state index in [2.05, 4.69) is 60.7 Å². The molecule has 3 rings (SSSR count). The van der Waals surface area contributed by atoms with Crippen LogP contribution in [0.15, 0.2) is 89.8 Å². The van der Waals surface area contributed by atoms with Gasteiger partial charge in [-0.1, -0.05) is 69.2 Å². The standard InChI is InChI=1S/C12H11P.C7H9NO3S/c1-3-7-11(8-4-1)13-12-9-5-2-6-10-12;1-11-6-2-4-7(5-3-6)12(8,9)10/h1-10,13H;2-5H,1H3,(H2,8,9,10). The van der Waals surface area contributed by atoms with E-state index in [1.807, 2.05) is 0 Å². The molecule has 3 aromatic rings. The predicted molar refractivity (Wildman–Crippen MR) is 105 cm³/mol. The topological polar surface area (TPSA) is 69.4 Å². The number of hydrogen-bond donors (Lipinski definition) is 1. The molecular formula is C19H20NO3PS. The maximum atomic E-state index is 10.8. The zero-order valence-corrected chi connectivity index (χ0v) is 15.6. The number of methoxy groups -OCH3 is 1. The maximum absolute atomic E-state index is 10.8. The second-order valence-electron chi connectivity index (χ2n) is 5.08. The largest absolute Gasteiger partial charge is 0.497 e. The summed E-state index contributed by atoms with van der Waals surface area (Å²) < 4.78 is 26.4. The van der Waals surface area contributed by atoms with Crippen LogP contribution in [0.4, 0.5) is 0 Å². The fraction of sp³-hybridized carbons (Fsp3) is 0.0526. The van der Waals surface area contributed by atoms with Gasteiger partial charge in [0.1, 0.15) is 5.75 Å². The summed E-state index contributed by atoms with van der Waals surface area (Å²) in [6, 6.07) is 27.0. The molecule has 0 aromatic heterocycles. The maximum Gasteiger partial charge on any atom is 0.238 e. The third-order valence-corrected chi connectivity index (χ3v) is 5.40. The number of primary sulfonamides is 1. The summed E-state index contributed by atoms with van der Waals surface area (Å²) >= 11 is 0. The van der Waals surface area contributed by atoms with Crippen molar-refractivity contribution in [3.63, 3.8) is 0 Å². The van der Waals surface area contributed by atoms with Crippen LogP contribution >= 0.6 is 8.58 Å². The summed E-state index contributed by atoms with van der Waals surface area (Å²) in [5.74, 6) is 0.599. The van der Waals surface area contributed by atoms with Gasteiger partial charge >= 0.3 is 0 Å². The lowest BCUT2D eigenvalue weighted by Crippen LogP contribution is -2.11. The van der Waals surface area contributed by atoms with Gasteiger partial charge in [0, 0.05) is 0 Å². The Hall–Kier alpha value is -2.20. The molecule has 2 N–H and O–H groups in total. The Morgan fingerprint density at radius 3 is 1.56 bits per heavy atom. The summed E-state index contributed by atoms with van der Waals surface area (Å²) in [5, 5.41) is 7.67. The molecule has 0 spiro atoms. The van der Waals surface area contributed by atoms with Crippen molar-refractivity contribution in [3.05, 3.63) is 84.9 Å². The van der Waals surface area contributed by atoms with E-state index in [4.69, 9.17) is 9.88 Å². The van der Waals surface area contributed by atoms with Crippen LogP contribution in [0.1, 0.15) is 0 Å². The molecule has 0 atom stereocenters. The highest BCUT2D eigenvalue weighted by Crippen LogP contribution is 2.13. The van der Waals surface area contributed by atoms with Crippen LogP contribution in [0.3, 0.4) is 0 Å². The van der Waals surface area contributed by atoms with Crippen molar-refractivity contribution in [3.8, 4) is 5.75 Å². The van der Waals surface area contributed by atoms with Crippen molar-refractivity contribution < 1.29 is 13.2 Å². The number of ether oxygens (including phenoxy) is 1. The second kappa shape index (κ2) is 9.33. The van der Waals surface area contributed by atoms with E-state index in [-0.39, 0.29) is 4.90 Å². The van der Waals surface area contributed by atoms with Gasteiger partial charge in [-0.05, 0) is 34.9 Å². The molecule has 6 heteroatoms. The SMILES string of the molecule is COc1ccc(S(N)(=O)=O)cc1.c1ccc(Pc2ccccc2)cc1. The molecule has 0 aliphatic heterocycles. The van der Waals surface area contributed by atoms with Crippen LogP contribution in [0, 0.1) is 0 Å². The lowest BCUT2D eigenvalue weighted by Gasteiger charge is -2.00. The van der Waals surface area contributed by atoms with Gasteiger partial charge in [0.2, 0.25) is 10.0 Å². The Morgan fingerprint density at radius 1 is 0.760 bits per heavy atom. The zero-order valence-electron chi connectivity index (χ0n) is 13.8. The Labute approximate surface area is 150 Å². The molecular weight excluding hydrogens is 353 g/mol. The molecule has 3 aromatic carbocycles. The molecule has 4 nitrogen and oxygen atoms in total. The predicted octanol–water partition coefficient (Wildman–Crippen LogP) is 2.66. The number of benzene rings is 3. The van der Waals surface area contributed by atoms with Crippen LogP contribution in [0.5, 0.6) is 5.75 Å². The summed E-state index contributed by atoms with van der Waals surface area (Å²) in [5.41, 5.74) is 0. The normalized spacial score (nSPS) is 10.5. The molecule has 0 bridgehead atoms. The molecule has 130 valence electrons. The van der Waals surface area contributed by atoms with Crippen molar-refractivity contribution in [2.24, 2.45) is 5.14 Å². The first kappa shape index (κ1) is 19.1. The summed E-state index contributed by atoms with van der Waals surface area (Å²) in [6.45, 7) is 0. The lowest BCUT2D eigenvalue weighted by atomic mass is 10.3. The third kappa shape index (κ3) is 6.67. The van der Waals surface area contributed by atoms with Gasteiger partial charge in [-0.2, -0.15) is 0 Å². The highest BCUT2D eigenvalue weighted by Gasteiger charge is 2.05. The van der Waals surface area contributed by atoms with Crippen LogP contribution < -0.4 is 20.5 Å². The fourth-order valence-corrected chi connectivity index (χ4v) is 3.54. The molecule has 0 heterocycles. The van der Waals surface area contributed by atoms with E-state index < -0.39 is 10.0 Å². The molecule has 25 heavy (non-hydrogen) atoms. The first-order valence-corrected chi connectivity index (χ1v) is 10.1. The van der Waals surface area contributed by atoms with Crippen molar-refractivity contribution in [2.45, 2.75) is 4.90 Å². The molecule has 0 fully saturated rings. The quantitative estimate of drug-likeness (QED) is 0.715. The Balaban J connectivity index is 0.000000181. The van der Waals surface area contributed by atoms with Crippen LogP contribution in [-0.2, 0) is 10.0 Å². The highest BCUT2D eigenvalue weighted by atomic mass is 32.2. The average Bonchev–Trinajstić information content (AvgIpc) is 2.63. The fourth-order valence-electron chi connectivity index (χ4n) is 1.98. The number of rotatable bonds is 4. The first-order valence-electron chi connectivity index (χ1n) is 7.53. The molecule has 0 saturated carbocycles. The van der Waals surface area contributed by atoms with E-state index in [0.717, 1.165) is 8.58 Å². The monoisotopic (exact) mass is 373 g/mol. The van der Waals surface area contributed by atoms with E-state index in [9.17, 15) is 8.42 Å². The molecule has 0 unspecified atom stereocenters. The van der Waals surface area contributed by atoms with E-state index in [0.29, 0.717) is 5.75 Å². The van der Waals surface area contributed by atoms with Crippen molar-refractivity contribution in [1.29, 1.82) is 0 Å². The zero-order chi connectivity index (χ0) is 18.1. The van der Waals surface area contributed by atoms with E-state index in [1.54, 1.807) is 12.1 Å². The Kier molecular flexibility index (Phi) is 7.14. The van der Waals surface area contributed by atoms with Gasteiger partial charge in [-0.15, -0.1) is 0 Å².